The van der Waals surface area contributed by atoms with E-state index in [1.807, 2.05) is 0 Å². The van der Waals surface area contributed by atoms with Gasteiger partial charge in [0.2, 0.25) is 0 Å². The molecular weight excluding hydrogens is 230 g/mol. The number of pyridine rings is 1. The third kappa shape index (κ3) is 2.19. The summed E-state index contributed by atoms with van der Waals surface area (Å²) in [7, 11) is 0. The SMILES string of the molecule is N#Cc1nc(C(=O)O)c(Cl)cc1C(F)F. The van der Waals surface area contributed by atoms with Gasteiger partial charge in [0.05, 0.1) is 10.6 Å². The van der Waals surface area contributed by atoms with Crippen LogP contribution in [0.3, 0.4) is 0 Å². The molecule has 1 N–H and O–H groups in total. The Morgan fingerprint density at radius 2 is 2.27 bits per heavy atom. The number of nitrogens with zero attached hydrogens (tertiary/aromatic N) is 2. The van der Waals surface area contributed by atoms with E-state index >= 15 is 0 Å². The quantitative estimate of drug-likeness (QED) is 0.849. The normalized spacial score (nSPS) is 10.1. The van der Waals surface area contributed by atoms with E-state index in [2.05, 4.69) is 4.98 Å². The zero-order chi connectivity index (χ0) is 11.6. The van der Waals surface area contributed by atoms with E-state index in [0.717, 1.165) is 6.07 Å². The molecule has 0 saturated carbocycles. The van der Waals surface area contributed by atoms with Crippen LogP contribution in [-0.2, 0) is 0 Å². The van der Waals surface area contributed by atoms with Crippen molar-refractivity contribution >= 4 is 17.6 Å². The summed E-state index contributed by atoms with van der Waals surface area (Å²) in [5.41, 5.74) is -1.92. The molecule has 1 aromatic rings. The minimum absolute atomic E-state index is 0.420. The van der Waals surface area contributed by atoms with Crippen LogP contribution >= 0.6 is 11.6 Å². The van der Waals surface area contributed by atoms with Crippen molar-refractivity contribution in [2.45, 2.75) is 6.43 Å². The molecule has 1 rings (SSSR count). The Kier molecular flexibility index (Phi) is 3.17. The Labute approximate surface area is 87.7 Å². The molecule has 0 saturated heterocycles. The fraction of sp³-hybridized carbons (Fsp3) is 0.125. The number of carboxylic acids is 1. The summed E-state index contributed by atoms with van der Waals surface area (Å²) >= 11 is 5.41. The van der Waals surface area contributed by atoms with Gasteiger partial charge in [0, 0.05) is 0 Å². The molecule has 0 unspecified atom stereocenters. The van der Waals surface area contributed by atoms with Crippen molar-refractivity contribution in [1.82, 2.24) is 4.98 Å². The summed E-state index contributed by atoms with van der Waals surface area (Å²) in [5.74, 6) is -1.47. The fourth-order valence-corrected chi connectivity index (χ4v) is 1.15. The van der Waals surface area contributed by atoms with Crippen LogP contribution in [0.1, 0.15) is 28.2 Å². The Morgan fingerprint density at radius 1 is 1.67 bits per heavy atom. The standard InChI is InChI=1S/C8H3ClF2N2O2/c9-4-1-3(7(10)11)5(2-12)13-6(4)8(14)15/h1,7H,(H,14,15). The molecule has 78 valence electrons. The topological polar surface area (TPSA) is 74.0 Å². The van der Waals surface area contributed by atoms with Gasteiger partial charge in [-0.05, 0) is 6.07 Å². The van der Waals surface area contributed by atoms with E-state index in [9.17, 15) is 13.6 Å². The summed E-state index contributed by atoms with van der Waals surface area (Å²) in [4.78, 5) is 13.8. The lowest BCUT2D eigenvalue weighted by molar-refractivity contribution is 0.0690. The van der Waals surface area contributed by atoms with Crippen LogP contribution in [0.25, 0.3) is 0 Å². The van der Waals surface area contributed by atoms with Gasteiger partial charge in [0.25, 0.3) is 6.43 Å². The molecule has 0 aliphatic rings. The first-order valence-corrected chi connectivity index (χ1v) is 3.97. The van der Waals surface area contributed by atoms with Crippen molar-refractivity contribution in [3.63, 3.8) is 0 Å². The molecule has 1 heterocycles. The number of rotatable bonds is 2. The number of aromatic nitrogens is 1. The van der Waals surface area contributed by atoms with Crippen molar-refractivity contribution in [2.75, 3.05) is 0 Å². The van der Waals surface area contributed by atoms with Gasteiger partial charge in [0.15, 0.2) is 5.69 Å². The highest BCUT2D eigenvalue weighted by atomic mass is 35.5. The lowest BCUT2D eigenvalue weighted by Crippen LogP contribution is -2.06. The summed E-state index contributed by atoms with van der Waals surface area (Å²) in [6.07, 6.45) is -2.92. The maximum atomic E-state index is 12.3. The van der Waals surface area contributed by atoms with Crippen molar-refractivity contribution in [3.05, 3.63) is 28.0 Å². The highest BCUT2D eigenvalue weighted by Gasteiger charge is 2.20. The molecule has 1 aromatic heterocycles. The third-order valence-electron chi connectivity index (χ3n) is 1.55. The van der Waals surface area contributed by atoms with Gasteiger partial charge >= 0.3 is 5.97 Å². The highest BCUT2D eigenvalue weighted by Crippen LogP contribution is 2.26. The van der Waals surface area contributed by atoms with Gasteiger partial charge in [-0.2, -0.15) is 5.26 Å². The van der Waals surface area contributed by atoms with Crippen LogP contribution in [0, 0.1) is 11.3 Å². The fourth-order valence-electron chi connectivity index (χ4n) is 0.909. The van der Waals surface area contributed by atoms with E-state index in [1.54, 1.807) is 0 Å². The Hall–Kier alpha value is -1.74. The summed E-state index contributed by atoms with van der Waals surface area (Å²) in [6.45, 7) is 0. The minimum Gasteiger partial charge on any atom is -0.476 e. The molecule has 0 radical (unpaired) electrons. The van der Waals surface area contributed by atoms with Gasteiger partial charge in [-0.15, -0.1) is 0 Å². The van der Waals surface area contributed by atoms with Crippen LogP contribution in [0.15, 0.2) is 6.07 Å². The number of hydrogen-bond acceptors (Lipinski definition) is 3. The molecular formula is C8H3ClF2N2O2. The average molecular weight is 233 g/mol. The van der Waals surface area contributed by atoms with Crippen LogP contribution in [0.5, 0.6) is 0 Å². The summed E-state index contributed by atoms with van der Waals surface area (Å²) in [5, 5.41) is 16.6. The maximum absolute atomic E-state index is 12.3. The second kappa shape index (κ2) is 4.19. The average Bonchev–Trinajstić information content (AvgIpc) is 2.16. The molecule has 0 amide bonds. The van der Waals surface area contributed by atoms with Gasteiger partial charge < -0.3 is 5.11 Å². The van der Waals surface area contributed by atoms with Crippen molar-refractivity contribution in [3.8, 4) is 6.07 Å². The Balaban J connectivity index is 3.44. The van der Waals surface area contributed by atoms with Crippen molar-refractivity contribution in [1.29, 1.82) is 5.26 Å². The number of carbonyl (C=O) groups is 1. The molecule has 4 nitrogen and oxygen atoms in total. The second-order valence-corrected chi connectivity index (χ2v) is 2.88. The molecule has 15 heavy (non-hydrogen) atoms. The van der Waals surface area contributed by atoms with E-state index in [0.29, 0.717) is 0 Å². The smallest absolute Gasteiger partial charge is 0.356 e. The molecule has 0 aliphatic heterocycles. The molecule has 0 aromatic carbocycles. The van der Waals surface area contributed by atoms with Gasteiger partial charge in [-0.3, -0.25) is 0 Å². The molecule has 0 spiro atoms. The number of aromatic carboxylic acids is 1. The van der Waals surface area contributed by atoms with Crippen LogP contribution in [0.2, 0.25) is 5.02 Å². The van der Waals surface area contributed by atoms with Crippen molar-refractivity contribution in [2.24, 2.45) is 0 Å². The number of hydrogen-bond donors (Lipinski definition) is 1. The van der Waals surface area contributed by atoms with Crippen LogP contribution in [-0.4, -0.2) is 16.1 Å². The molecule has 0 fully saturated rings. The lowest BCUT2D eigenvalue weighted by Gasteiger charge is -2.04. The number of nitriles is 1. The monoisotopic (exact) mass is 232 g/mol. The van der Waals surface area contributed by atoms with E-state index in [-0.39, 0.29) is 0 Å². The summed E-state index contributed by atoms with van der Waals surface area (Å²) < 4.78 is 24.7. The number of alkyl halides is 2. The summed E-state index contributed by atoms with van der Waals surface area (Å²) in [6, 6.07) is 2.12. The Morgan fingerprint density at radius 3 is 2.67 bits per heavy atom. The Bertz CT molecular complexity index is 457. The maximum Gasteiger partial charge on any atom is 0.356 e. The van der Waals surface area contributed by atoms with Gasteiger partial charge in [-0.1, -0.05) is 11.6 Å². The van der Waals surface area contributed by atoms with E-state index in [1.165, 1.54) is 6.07 Å². The van der Waals surface area contributed by atoms with E-state index in [4.69, 9.17) is 22.0 Å². The molecule has 7 heteroatoms. The van der Waals surface area contributed by atoms with Crippen molar-refractivity contribution < 1.29 is 18.7 Å². The first-order valence-electron chi connectivity index (χ1n) is 3.59. The molecule has 0 bridgehead atoms. The zero-order valence-corrected chi connectivity index (χ0v) is 7.79. The predicted octanol–water partition coefficient (Wildman–Crippen LogP) is 2.24. The first kappa shape index (κ1) is 11.3. The molecule has 0 atom stereocenters. The highest BCUT2D eigenvalue weighted by molar-refractivity contribution is 6.33. The predicted molar refractivity (Wildman–Crippen MR) is 45.9 cm³/mol. The van der Waals surface area contributed by atoms with Gasteiger partial charge in [-0.25, -0.2) is 18.6 Å². The number of carboxylic acid groups (broad SMARTS) is 1. The van der Waals surface area contributed by atoms with E-state index < -0.39 is 34.4 Å². The second-order valence-electron chi connectivity index (χ2n) is 2.47. The van der Waals surface area contributed by atoms with Crippen LogP contribution in [0.4, 0.5) is 8.78 Å². The van der Waals surface area contributed by atoms with Gasteiger partial charge in [0.1, 0.15) is 11.8 Å². The zero-order valence-electron chi connectivity index (χ0n) is 7.04. The first-order chi connectivity index (χ1) is 6.97. The molecule has 0 aliphatic carbocycles. The van der Waals surface area contributed by atoms with Crippen LogP contribution < -0.4 is 0 Å². The third-order valence-corrected chi connectivity index (χ3v) is 1.84. The minimum atomic E-state index is -2.92. The lowest BCUT2D eigenvalue weighted by atomic mass is 10.2. The number of halogens is 3. The largest absolute Gasteiger partial charge is 0.476 e.